The molecule has 164 valence electrons. The lowest BCUT2D eigenvalue weighted by molar-refractivity contribution is -0.139. The first-order valence-corrected chi connectivity index (χ1v) is 9.62. The highest BCUT2D eigenvalue weighted by Gasteiger charge is 2.23. The molecule has 0 aliphatic rings. The first-order valence-electron chi connectivity index (χ1n) is 9.62. The Morgan fingerprint density at radius 3 is 2.28 bits per heavy atom. The highest BCUT2D eigenvalue weighted by molar-refractivity contribution is 5.97. The van der Waals surface area contributed by atoms with E-state index >= 15 is 0 Å². The molecule has 3 rings (SSSR count). The highest BCUT2D eigenvalue weighted by Crippen LogP contribution is 2.20. The molecule has 0 spiro atoms. The molecule has 0 saturated carbocycles. The summed E-state index contributed by atoms with van der Waals surface area (Å²) < 4.78 is 27.5. The number of halogens is 2. The SMILES string of the molecule is CN(c1ccc(C=CCC(NC(=O)c2c(F)cccc2F)C(=O)O)cc1)c1ncccn1. The van der Waals surface area contributed by atoms with Gasteiger partial charge in [-0.25, -0.2) is 23.5 Å². The van der Waals surface area contributed by atoms with Crippen molar-refractivity contribution in [2.24, 2.45) is 0 Å². The summed E-state index contributed by atoms with van der Waals surface area (Å²) in [5.41, 5.74) is 0.840. The van der Waals surface area contributed by atoms with Gasteiger partial charge in [0, 0.05) is 25.1 Å². The van der Waals surface area contributed by atoms with Crippen LogP contribution in [0.4, 0.5) is 20.4 Å². The molecule has 3 aromatic rings. The second-order valence-corrected chi connectivity index (χ2v) is 6.80. The number of carboxylic acid groups (broad SMARTS) is 1. The van der Waals surface area contributed by atoms with Gasteiger partial charge in [-0.3, -0.25) is 4.79 Å². The van der Waals surface area contributed by atoms with E-state index in [9.17, 15) is 23.5 Å². The molecule has 0 saturated heterocycles. The highest BCUT2D eigenvalue weighted by atomic mass is 19.1. The minimum atomic E-state index is -1.35. The number of carboxylic acids is 1. The van der Waals surface area contributed by atoms with Gasteiger partial charge in [-0.1, -0.05) is 30.4 Å². The van der Waals surface area contributed by atoms with Crippen molar-refractivity contribution in [2.75, 3.05) is 11.9 Å². The molecule has 2 N–H and O–H groups in total. The average Bonchev–Trinajstić information content (AvgIpc) is 2.78. The third-order valence-corrected chi connectivity index (χ3v) is 4.61. The van der Waals surface area contributed by atoms with Crippen molar-refractivity contribution >= 4 is 29.6 Å². The molecule has 0 bridgehead atoms. The lowest BCUT2D eigenvalue weighted by Gasteiger charge is -2.16. The summed E-state index contributed by atoms with van der Waals surface area (Å²) in [7, 11) is 1.83. The molecular formula is C23H20F2N4O3. The summed E-state index contributed by atoms with van der Waals surface area (Å²) in [5.74, 6) is -4.03. The lowest BCUT2D eigenvalue weighted by Crippen LogP contribution is -2.41. The van der Waals surface area contributed by atoms with E-state index < -0.39 is 35.1 Å². The smallest absolute Gasteiger partial charge is 0.326 e. The standard InChI is InChI=1S/C23H20F2N4O3/c1-29(23-26-13-4-14-27-23)16-11-9-15(10-12-16)5-2-8-19(22(31)32)28-21(30)20-17(24)6-3-7-18(20)25/h2-7,9-14,19H,8H2,1H3,(H,28,30)(H,31,32). The van der Waals surface area contributed by atoms with Crippen LogP contribution in [0.1, 0.15) is 22.3 Å². The van der Waals surface area contributed by atoms with Crippen molar-refractivity contribution in [3.8, 4) is 0 Å². The summed E-state index contributed by atoms with van der Waals surface area (Å²) in [6.07, 6.45) is 6.48. The molecule has 1 unspecified atom stereocenters. The number of anilines is 2. The van der Waals surface area contributed by atoms with E-state index in [-0.39, 0.29) is 6.42 Å². The number of carbonyl (C=O) groups excluding carboxylic acids is 1. The monoisotopic (exact) mass is 438 g/mol. The van der Waals surface area contributed by atoms with E-state index in [1.165, 1.54) is 0 Å². The quantitative estimate of drug-likeness (QED) is 0.555. The number of hydrogen-bond donors (Lipinski definition) is 2. The Kier molecular flexibility index (Phi) is 7.22. The zero-order valence-electron chi connectivity index (χ0n) is 17.1. The van der Waals surface area contributed by atoms with E-state index in [0.717, 1.165) is 29.4 Å². The van der Waals surface area contributed by atoms with Crippen LogP contribution in [0.2, 0.25) is 0 Å². The molecular weight excluding hydrogens is 418 g/mol. The van der Waals surface area contributed by atoms with Gasteiger partial charge in [0.05, 0.1) is 0 Å². The number of aromatic nitrogens is 2. The molecule has 2 aromatic carbocycles. The zero-order valence-corrected chi connectivity index (χ0v) is 17.1. The van der Waals surface area contributed by atoms with Crippen molar-refractivity contribution in [1.29, 1.82) is 0 Å². The second-order valence-electron chi connectivity index (χ2n) is 6.80. The van der Waals surface area contributed by atoms with Gasteiger partial charge in [0.15, 0.2) is 0 Å². The largest absolute Gasteiger partial charge is 0.480 e. The molecule has 9 heteroatoms. The lowest BCUT2D eigenvalue weighted by atomic mass is 10.1. The van der Waals surface area contributed by atoms with Gasteiger partial charge >= 0.3 is 5.97 Å². The number of carbonyl (C=O) groups is 2. The number of benzene rings is 2. The fourth-order valence-electron chi connectivity index (χ4n) is 2.90. The van der Waals surface area contributed by atoms with Gasteiger partial charge in [-0.2, -0.15) is 0 Å². The molecule has 7 nitrogen and oxygen atoms in total. The third kappa shape index (κ3) is 5.51. The molecule has 1 amide bonds. The van der Waals surface area contributed by atoms with Crippen LogP contribution in [-0.2, 0) is 4.79 Å². The molecule has 32 heavy (non-hydrogen) atoms. The van der Waals surface area contributed by atoms with Gasteiger partial charge in [0.1, 0.15) is 23.2 Å². The minimum Gasteiger partial charge on any atom is -0.480 e. The Labute approximate surface area is 183 Å². The van der Waals surface area contributed by atoms with E-state index in [1.807, 2.05) is 36.2 Å². The maximum Gasteiger partial charge on any atom is 0.326 e. The van der Waals surface area contributed by atoms with Gasteiger partial charge in [-0.15, -0.1) is 0 Å². The predicted octanol–water partition coefficient (Wildman–Crippen LogP) is 3.81. The summed E-state index contributed by atoms with van der Waals surface area (Å²) >= 11 is 0. The molecule has 0 aliphatic heterocycles. The first kappa shape index (κ1) is 22.5. The van der Waals surface area contributed by atoms with Crippen molar-refractivity contribution in [1.82, 2.24) is 15.3 Å². The Morgan fingerprint density at radius 2 is 1.69 bits per heavy atom. The fraction of sp³-hybridized carbons (Fsp3) is 0.130. The van der Waals surface area contributed by atoms with E-state index in [1.54, 1.807) is 30.6 Å². The summed E-state index contributed by atoms with van der Waals surface area (Å²) in [5, 5.41) is 11.5. The van der Waals surface area contributed by atoms with Crippen molar-refractivity contribution in [3.63, 3.8) is 0 Å². The maximum absolute atomic E-state index is 13.8. The first-order chi connectivity index (χ1) is 15.4. The molecule has 0 aliphatic carbocycles. The van der Waals surface area contributed by atoms with Gasteiger partial charge in [0.2, 0.25) is 5.95 Å². The van der Waals surface area contributed by atoms with Crippen LogP contribution in [0.15, 0.2) is 67.0 Å². The normalized spacial score (nSPS) is 11.8. The zero-order chi connectivity index (χ0) is 23.1. The molecule has 0 fully saturated rings. The van der Waals surface area contributed by atoms with Gasteiger partial charge in [-0.05, 0) is 42.3 Å². The molecule has 1 aromatic heterocycles. The Balaban J connectivity index is 1.64. The van der Waals surface area contributed by atoms with Crippen LogP contribution < -0.4 is 10.2 Å². The van der Waals surface area contributed by atoms with Crippen molar-refractivity contribution < 1.29 is 23.5 Å². The van der Waals surface area contributed by atoms with Crippen LogP contribution in [0.25, 0.3) is 6.08 Å². The number of hydrogen-bond acceptors (Lipinski definition) is 5. The van der Waals surface area contributed by atoms with Crippen LogP contribution in [0, 0.1) is 11.6 Å². The Morgan fingerprint density at radius 1 is 1.06 bits per heavy atom. The fourth-order valence-corrected chi connectivity index (χ4v) is 2.90. The predicted molar refractivity (Wildman–Crippen MR) is 115 cm³/mol. The number of nitrogens with zero attached hydrogens (tertiary/aromatic N) is 3. The summed E-state index contributed by atoms with van der Waals surface area (Å²) in [6.45, 7) is 0. The summed E-state index contributed by atoms with van der Waals surface area (Å²) in [4.78, 5) is 33.8. The van der Waals surface area contributed by atoms with Crippen LogP contribution in [-0.4, -0.2) is 40.0 Å². The number of rotatable bonds is 8. The number of amides is 1. The second kappa shape index (κ2) is 10.3. The van der Waals surface area contributed by atoms with Gasteiger partial charge < -0.3 is 15.3 Å². The van der Waals surface area contributed by atoms with Gasteiger partial charge in [0.25, 0.3) is 5.91 Å². The average molecular weight is 438 g/mol. The van der Waals surface area contributed by atoms with Crippen molar-refractivity contribution in [3.05, 3.63) is 89.8 Å². The van der Waals surface area contributed by atoms with Crippen molar-refractivity contribution in [2.45, 2.75) is 12.5 Å². The minimum absolute atomic E-state index is 0.0728. The number of nitrogens with one attached hydrogen (secondary N) is 1. The molecule has 1 heterocycles. The third-order valence-electron chi connectivity index (χ3n) is 4.61. The Bertz CT molecular complexity index is 1100. The topological polar surface area (TPSA) is 95.4 Å². The van der Waals surface area contributed by atoms with Crippen LogP contribution in [0.5, 0.6) is 0 Å². The van der Waals surface area contributed by atoms with Crippen LogP contribution in [0.3, 0.4) is 0 Å². The van der Waals surface area contributed by atoms with E-state index in [0.29, 0.717) is 5.95 Å². The molecule has 0 radical (unpaired) electrons. The maximum atomic E-state index is 13.8. The van der Waals surface area contributed by atoms with Crippen LogP contribution >= 0.6 is 0 Å². The Hall–Kier alpha value is -4.14. The van der Waals surface area contributed by atoms with E-state index in [4.69, 9.17) is 0 Å². The number of aliphatic carboxylic acids is 1. The summed E-state index contributed by atoms with van der Waals surface area (Å²) in [6, 6.07) is 10.7. The van der Waals surface area contributed by atoms with E-state index in [2.05, 4.69) is 15.3 Å². The molecule has 1 atom stereocenters.